The monoisotopic (exact) mass is 619 g/mol. The maximum Gasteiger partial charge on any atom is 0.335 e. The third-order valence-electron chi connectivity index (χ3n) is 7.46. The lowest BCUT2D eigenvalue weighted by Gasteiger charge is -2.32. The van der Waals surface area contributed by atoms with Crippen LogP contribution in [0.2, 0.25) is 0 Å². The summed E-state index contributed by atoms with van der Waals surface area (Å²) in [5.74, 6) is -0.764. The fraction of sp³-hybridized carbons (Fsp3) is 0.312. The number of aromatic nitrogens is 1. The second-order valence-electron chi connectivity index (χ2n) is 10.3. The zero-order valence-corrected chi connectivity index (χ0v) is 25.4. The number of nitrogens with zero attached hydrogens (tertiary/aromatic N) is 3. The van der Waals surface area contributed by atoms with Gasteiger partial charge in [0.2, 0.25) is 12.3 Å². The average Bonchev–Trinajstić information content (AvgIpc) is 3.69. The summed E-state index contributed by atoms with van der Waals surface area (Å²) in [5, 5.41) is 10.0. The zero-order valence-electron chi connectivity index (χ0n) is 24.6. The predicted octanol–water partition coefficient (Wildman–Crippen LogP) is 5.59. The van der Waals surface area contributed by atoms with Gasteiger partial charge in [-0.1, -0.05) is 24.3 Å². The number of imide groups is 1. The summed E-state index contributed by atoms with van der Waals surface area (Å²) in [7, 11) is 3.47. The number of methoxy groups -OCH3 is 1. The Kier molecular flexibility index (Phi) is 9.73. The Morgan fingerprint density at radius 2 is 1.95 bits per heavy atom. The minimum absolute atomic E-state index is 0.0202. The standard InChI is InChI=1S/C32H33N3O8S/c1-20-27(30(37)35(19-36)22-8-6-7-21(17-22)32(38)39)31(44-28(20)29-33-13-16-42-29)34(2)18-26(43-23-11-14-41-15-12-23)24-9-4-5-10-25(24)40-3/h4-10,13,16-17,19,23,26H,11-12,14-15,18H2,1-3H3,(H,38,39). The van der Waals surface area contributed by atoms with Crippen molar-refractivity contribution in [2.45, 2.75) is 32.0 Å². The van der Waals surface area contributed by atoms with Gasteiger partial charge >= 0.3 is 5.97 Å². The molecular weight excluding hydrogens is 586 g/mol. The van der Waals surface area contributed by atoms with E-state index in [1.807, 2.05) is 36.2 Å². The van der Waals surface area contributed by atoms with Gasteiger partial charge in [-0.05, 0) is 49.6 Å². The molecule has 1 aliphatic rings. The van der Waals surface area contributed by atoms with E-state index < -0.39 is 18.0 Å². The summed E-state index contributed by atoms with van der Waals surface area (Å²) in [6.45, 7) is 3.35. The van der Waals surface area contributed by atoms with Crippen LogP contribution in [0.3, 0.4) is 0 Å². The Labute approximate surface area is 258 Å². The highest BCUT2D eigenvalue weighted by Gasteiger charge is 2.32. The van der Waals surface area contributed by atoms with Gasteiger partial charge in [0.25, 0.3) is 5.91 Å². The number of ether oxygens (including phenoxy) is 3. The first-order valence-corrected chi connectivity index (χ1v) is 14.9. The van der Waals surface area contributed by atoms with Gasteiger partial charge in [0, 0.05) is 32.4 Å². The van der Waals surface area contributed by atoms with E-state index in [1.54, 1.807) is 14.0 Å². The maximum absolute atomic E-state index is 14.2. The molecule has 0 bridgehead atoms. The van der Waals surface area contributed by atoms with E-state index in [2.05, 4.69) is 4.98 Å². The largest absolute Gasteiger partial charge is 0.496 e. The summed E-state index contributed by atoms with van der Waals surface area (Å²) >= 11 is 1.31. The first-order chi connectivity index (χ1) is 21.3. The zero-order chi connectivity index (χ0) is 31.2. The molecule has 0 aliphatic carbocycles. The highest BCUT2D eigenvalue weighted by Crippen LogP contribution is 2.43. The molecule has 4 aromatic rings. The van der Waals surface area contributed by atoms with Gasteiger partial charge in [-0.25, -0.2) is 14.7 Å². The summed E-state index contributed by atoms with van der Waals surface area (Å²) in [5.41, 5.74) is 1.79. The van der Waals surface area contributed by atoms with E-state index in [0.29, 0.717) is 53.3 Å². The minimum atomic E-state index is -1.17. The van der Waals surface area contributed by atoms with Crippen LogP contribution < -0.4 is 14.5 Å². The van der Waals surface area contributed by atoms with Crippen LogP contribution in [-0.4, -0.2) is 68.4 Å². The van der Waals surface area contributed by atoms with E-state index in [1.165, 1.54) is 48.1 Å². The minimum Gasteiger partial charge on any atom is -0.496 e. The topological polar surface area (TPSA) is 132 Å². The van der Waals surface area contributed by atoms with Gasteiger partial charge in [-0.15, -0.1) is 11.3 Å². The lowest BCUT2D eigenvalue weighted by molar-refractivity contribution is -0.106. The second kappa shape index (κ2) is 13.8. The van der Waals surface area contributed by atoms with Crippen LogP contribution >= 0.6 is 11.3 Å². The number of carboxylic acid groups (broad SMARTS) is 1. The van der Waals surface area contributed by atoms with E-state index in [-0.39, 0.29) is 22.9 Å². The van der Waals surface area contributed by atoms with Crippen LogP contribution in [-0.2, 0) is 14.3 Å². The van der Waals surface area contributed by atoms with Crippen LogP contribution in [0.4, 0.5) is 10.7 Å². The molecule has 2 aromatic carbocycles. The Hall–Kier alpha value is -4.52. The van der Waals surface area contributed by atoms with Crippen molar-refractivity contribution in [3.05, 3.63) is 83.2 Å². The maximum atomic E-state index is 14.2. The van der Waals surface area contributed by atoms with Crippen molar-refractivity contribution in [2.75, 3.05) is 43.7 Å². The molecule has 0 radical (unpaired) electrons. The molecule has 3 heterocycles. The fourth-order valence-corrected chi connectivity index (χ4v) is 6.43. The number of oxazole rings is 1. The van der Waals surface area contributed by atoms with E-state index in [9.17, 15) is 19.5 Å². The van der Waals surface area contributed by atoms with Crippen molar-refractivity contribution in [3.63, 3.8) is 0 Å². The number of amides is 2. The number of para-hydroxylation sites is 1. The van der Waals surface area contributed by atoms with Crippen molar-refractivity contribution in [1.82, 2.24) is 4.98 Å². The van der Waals surface area contributed by atoms with Crippen LogP contribution in [0, 0.1) is 6.92 Å². The first-order valence-electron chi connectivity index (χ1n) is 14.0. The molecule has 2 aromatic heterocycles. The third-order valence-corrected chi connectivity index (χ3v) is 8.86. The molecule has 0 saturated carbocycles. The molecular formula is C32H33N3O8S. The highest BCUT2D eigenvalue weighted by atomic mass is 32.1. The number of likely N-dealkylation sites (N-methyl/N-ethyl adjacent to an activating group) is 1. The average molecular weight is 620 g/mol. The van der Waals surface area contributed by atoms with Crippen molar-refractivity contribution in [2.24, 2.45) is 0 Å². The number of anilines is 2. The molecule has 1 N–H and O–H groups in total. The molecule has 12 heteroatoms. The lowest BCUT2D eigenvalue weighted by atomic mass is 10.1. The number of carboxylic acids is 1. The molecule has 1 aliphatic heterocycles. The van der Waals surface area contributed by atoms with E-state index in [4.69, 9.17) is 18.6 Å². The molecule has 1 saturated heterocycles. The number of hydrogen-bond acceptors (Lipinski definition) is 10. The molecule has 44 heavy (non-hydrogen) atoms. The Bertz CT molecular complexity index is 1610. The van der Waals surface area contributed by atoms with Crippen molar-refractivity contribution >= 4 is 40.3 Å². The smallest absolute Gasteiger partial charge is 0.335 e. The molecule has 0 spiro atoms. The molecule has 5 rings (SSSR count). The Morgan fingerprint density at radius 3 is 2.64 bits per heavy atom. The van der Waals surface area contributed by atoms with Crippen molar-refractivity contribution in [3.8, 4) is 16.5 Å². The number of thiophene rings is 1. The first kappa shape index (κ1) is 30.9. The quantitative estimate of drug-likeness (QED) is 0.200. The third kappa shape index (κ3) is 6.52. The van der Waals surface area contributed by atoms with Crippen LogP contribution in [0.15, 0.2) is 65.4 Å². The SMILES string of the molecule is COc1ccccc1C(CN(C)c1sc(-c2ncco2)c(C)c1C(=O)N(C=O)c1cccc(C(=O)O)c1)OC1CCOCC1. The van der Waals surface area contributed by atoms with Crippen LogP contribution in [0.5, 0.6) is 5.75 Å². The molecule has 1 fully saturated rings. The van der Waals surface area contributed by atoms with Gasteiger partial charge in [0.05, 0.1) is 41.1 Å². The van der Waals surface area contributed by atoms with Crippen LogP contribution in [0.1, 0.15) is 50.8 Å². The Morgan fingerprint density at radius 1 is 1.18 bits per heavy atom. The van der Waals surface area contributed by atoms with Crippen molar-refractivity contribution in [1.29, 1.82) is 0 Å². The summed E-state index contributed by atoms with van der Waals surface area (Å²) in [4.78, 5) is 45.9. The normalized spacial score (nSPS) is 14.2. The fourth-order valence-electron chi connectivity index (χ4n) is 5.22. The number of aromatic carboxylic acids is 1. The van der Waals surface area contributed by atoms with Gasteiger partial charge in [-0.2, -0.15) is 0 Å². The number of carbonyl (C=O) groups excluding carboxylic acids is 2. The number of benzene rings is 2. The predicted molar refractivity (Wildman–Crippen MR) is 165 cm³/mol. The van der Waals surface area contributed by atoms with E-state index >= 15 is 0 Å². The van der Waals surface area contributed by atoms with Crippen molar-refractivity contribution < 1.29 is 38.1 Å². The molecule has 1 unspecified atom stereocenters. The van der Waals surface area contributed by atoms with E-state index in [0.717, 1.165) is 23.3 Å². The molecule has 11 nitrogen and oxygen atoms in total. The number of hydrogen-bond donors (Lipinski definition) is 1. The summed E-state index contributed by atoms with van der Waals surface area (Å²) < 4.78 is 23.5. The number of carbonyl (C=O) groups is 3. The summed E-state index contributed by atoms with van der Waals surface area (Å²) in [6, 6.07) is 13.3. The van der Waals surface area contributed by atoms with Crippen LogP contribution in [0.25, 0.3) is 10.8 Å². The highest BCUT2D eigenvalue weighted by molar-refractivity contribution is 7.20. The van der Waals surface area contributed by atoms with Gasteiger partial charge < -0.3 is 28.6 Å². The molecule has 230 valence electrons. The second-order valence-corrected chi connectivity index (χ2v) is 11.3. The summed E-state index contributed by atoms with van der Waals surface area (Å²) in [6.07, 6.45) is 4.44. The molecule has 1 atom stereocenters. The Balaban J connectivity index is 1.55. The lowest BCUT2D eigenvalue weighted by Crippen LogP contribution is -2.34. The van der Waals surface area contributed by atoms with Gasteiger partial charge in [-0.3, -0.25) is 9.59 Å². The molecule has 2 amide bonds. The van der Waals surface area contributed by atoms with Gasteiger partial charge in [0.15, 0.2) is 0 Å². The van der Waals surface area contributed by atoms with Gasteiger partial charge in [0.1, 0.15) is 23.1 Å². The number of rotatable bonds is 12.